The maximum Gasteiger partial charge on any atom is 0.451 e. The number of halogens is 3. The van der Waals surface area contributed by atoms with Crippen molar-refractivity contribution in [1.29, 1.82) is 0 Å². The van der Waals surface area contributed by atoms with E-state index in [4.69, 9.17) is 19.7 Å². The Hall–Kier alpha value is -2.82. The standard InChI is InChI=1S/C14H14F3N3O5/c1-24-9-3-6-7(4-10(9)25-2)19-13(14(15,16)17)20-11(6)18-8(5-21)12(22)23/h3-4,8,21H,5H2,1-2H3,(H,22,23)(H,18,19,20). The minimum atomic E-state index is -4.85. The molecule has 3 N–H and O–H groups in total. The van der Waals surface area contributed by atoms with Gasteiger partial charge in [-0.1, -0.05) is 0 Å². The van der Waals surface area contributed by atoms with E-state index >= 15 is 0 Å². The number of carbonyl (C=O) groups is 1. The molecule has 0 aliphatic carbocycles. The van der Waals surface area contributed by atoms with Gasteiger partial charge >= 0.3 is 12.1 Å². The maximum absolute atomic E-state index is 13.0. The van der Waals surface area contributed by atoms with E-state index in [1.165, 1.54) is 26.4 Å². The van der Waals surface area contributed by atoms with Crippen LogP contribution in [0.15, 0.2) is 12.1 Å². The molecule has 0 aliphatic rings. The zero-order valence-corrected chi connectivity index (χ0v) is 13.1. The Morgan fingerprint density at radius 1 is 1.24 bits per heavy atom. The minimum Gasteiger partial charge on any atom is -0.493 e. The monoisotopic (exact) mass is 361 g/mol. The van der Waals surface area contributed by atoms with E-state index in [1.807, 2.05) is 0 Å². The number of aliphatic carboxylic acids is 1. The fraction of sp³-hybridized carbons (Fsp3) is 0.357. The van der Waals surface area contributed by atoms with E-state index in [2.05, 4.69) is 15.3 Å². The van der Waals surface area contributed by atoms with Gasteiger partial charge in [-0.2, -0.15) is 13.2 Å². The van der Waals surface area contributed by atoms with Crippen molar-refractivity contribution in [3.63, 3.8) is 0 Å². The molecule has 0 fully saturated rings. The summed E-state index contributed by atoms with van der Waals surface area (Å²) in [6.45, 7) is -0.852. The molecular weight excluding hydrogens is 347 g/mol. The molecule has 1 unspecified atom stereocenters. The molecule has 0 amide bonds. The number of hydrogen-bond donors (Lipinski definition) is 3. The van der Waals surface area contributed by atoms with E-state index in [9.17, 15) is 18.0 Å². The lowest BCUT2D eigenvalue weighted by atomic mass is 10.2. The van der Waals surface area contributed by atoms with Crippen molar-refractivity contribution in [1.82, 2.24) is 9.97 Å². The van der Waals surface area contributed by atoms with Crippen LogP contribution in [0.3, 0.4) is 0 Å². The average Bonchev–Trinajstić information content (AvgIpc) is 2.56. The second kappa shape index (κ2) is 6.97. The quantitative estimate of drug-likeness (QED) is 0.710. The molecule has 0 bridgehead atoms. The van der Waals surface area contributed by atoms with E-state index in [0.717, 1.165) is 0 Å². The number of fused-ring (bicyclic) bond motifs is 1. The normalized spacial score (nSPS) is 12.7. The molecule has 0 spiro atoms. The molecule has 0 radical (unpaired) electrons. The summed E-state index contributed by atoms with van der Waals surface area (Å²) >= 11 is 0. The number of nitrogens with zero attached hydrogens (tertiary/aromatic N) is 2. The summed E-state index contributed by atoms with van der Waals surface area (Å²) in [6.07, 6.45) is -4.85. The molecule has 0 aliphatic heterocycles. The summed E-state index contributed by atoms with van der Waals surface area (Å²) in [4.78, 5) is 17.8. The van der Waals surface area contributed by atoms with Crippen LogP contribution in [0.5, 0.6) is 11.5 Å². The van der Waals surface area contributed by atoms with Gasteiger partial charge < -0.3 is 25.0 Å². The van der Waals surface area contributed by atoms with Gasteiger partial charge in [-0.15, -0.1) is 0 Å². The van der Waals surface area contributed by atoms with Gasteiger partial charge in [0.2, 0.25) is 5.82 Å². The van der Waals surface area contributed by atoms with Gasteiger partial charge in [0, 0.05) is 11.5 Å². The van der Waals surface area contributed by atoms with Crippen LogP contribution < -0.4 is 14.8 Å². The number of ether oxygens (including phenoxy) is 2. The van der Waals surface area contributed by atoms with Crippen LogP contribution in [-0.2, 0) is 11.0 Å². The van der Waals surface area contributed by atoms with Crippen molar-refractivity contribution >= 4 is 22.7 Å². The molecule has 2 rings (SSSR count). The highest BCUT2D eigenvalue weighted by Gasteiger charge is 2.36. The van der Waals surface area contributed by atoms with E-state index in [1.54, 1.807) is 0 Å². The highest BCUT2D eigenvalue weighted by atomic mass is 19.4. The fourth-order valence-corrected chi connectivity index (χ4v) is 2.04. The van der Waals surface area contributed by atoms with Crippen LogP contribution in [0.25, 0.3) is 10.9 Å². The number of carboxylic acids is 1. The van der Waals surface area contributed by atoms with Crippen molar-refractivity contribution in [2.24, 2.45) is 0 Å². The Balaban J connectivity index is 2.72. The first kappa shape index (κ1) is 18.5. The zero-order valence-electron chi connectivity index (χ0n) is 13.1. The van der Waals surface area contributed by atoms with Gasteiger partial charge in [0.15, 0.2) is 11.5 Å². The Bertz CT molecular complexity index is 797. The number of alkyl halides is 3. The van der Waals surface area contributed by atoms with E-state index < -0.39 is 36.4 Å². The number of benzene rings is 1. The first-order valence-electron chi connectivity index (χ1n) is 6.82. The van der Waals surface area contributed by atoms with Crippen LogP contribution in [-0.4, -0.2) is 53.0 Å². The van der Waals surface area contributed by atoms with Gasteiger partial charge in [0.05, 0.1) is 26.3 Å². The van der Waals surface area contributed by atoms with Crippen LogP contribution in [0.1, 0.15) is 5.82 Å². The molecule has 25 heavy (non-hydrogen) atoms. The number of aliphatic hydroxyl groups is 1. The van der Waals surface area contributed by atoms with Crippen LogP contribution >= 0.6 is 0 Å². The summed E-state index contributed by atoms with van der Waals surface area (Å²) in [5, 5.41) is 20.4. The Kier molecular flexibility index (Phi) is 5.16. The fourth-order valence-electron chi connectivity index (χ4n) is 2.04. The summed E-state index contributed by atoms with van der Waals surface area (Å²) < 4.78 is 49.2. The summed E-state index contributed by atoms with van der Waals surface area (Å²) in [5.74, 6) is -2.98. The van der Waals surface area contributed by atoms with Crippen LogP contribution in [0.2, 0.25) is 0 Å². The first-order chi connectivity index (χ1) is 11.7. The summed E-state index contributed by atoms with van der Waals surface area (Å²) in [5.41, 5.74) is -0.135. The van der Waals surface area contributed by atoms with Gasteiger partial charge in [-0.25, -0.2) is 14.8 Å². The molecule has 1 atom stereocenters. The molecule has 0 saturated heterocycles. The molecule has 1 aromatic carbocycles. The third-order valence-electron chi connectivity index (χ3n) is 3.25. The Labute approximate surface area is 139 Å². The van der Waals surface area contributed by atoms with Crippen molar-refractivity contribution in [3.05, 3.63) is 18.0 Å². The van der Waals surface area contributed by atoms with Gasteiger partial charge in [-0.3, -0.25) is 0 Å². The van der Waals surface area contributed by atoms with Crippen LogP contribution in [0, 0.1) is 0 Å². The molecule has 1 aromatic heterocycles. The predicted octanol–water partition coefficient (Wildman–Crippen LogP) is 1.52. The van der Waals surface area contributed by atoms with Crippen molar-refractivity contribution < 1.29 is 37.7 Å². The van der Waals surface area contributed by atoms with Crippen molar-refractivity contribution in [3.8, 4) is 11.5 Å². The smallest absolute Gasteiger partial charge is 0.451 e. The second-order valence-corrected chi connectivity index (χ2v) is 4.84. The molecule has 136 valence electrons. The second-order valence-electron chi connectivity index (χ2n) is 4.84. The minimum absolute atomic E-state index is 0.0744. The number of rotatable bonds is 6. The third-order valence-corrected chi connectivity index (χ3v) is 3.25. The summed E-state index contributed by atoms with van der Waals surface area (Å²) in [7, 11) is 2.64. The molecule has 11 heteroatoms. The lowest BCUT2D eigenvalue weighted by molar-refractivity contribution is -0.144. The van der Waals surface area contributed by atoms with E-state index in [-0.39, 0.29) is 22.4 Å². The molecular formula is C14H14F3N3O5. The lowest BCUT2D eigenvalue weighted by Gasteiger charge is -2.17. The largest absolute Gasteiger partial charge is 0.493 e. The van der Waals surface area contributed by atoms with E-state index in [0.29, 0.717) is 0 Å². The zero-order chi connectivity index (χ0) is 18.8. The first-order valence-corrected chi connectivity index (χ1v) is 6.82. The average molecular weight is 361 g/mol. The van der Waals surface area contributed by atoms with Gasteiger partial charge in [0.25, 0.3) is 0 Å². The number of carboxylic acid groups (broad SMARTS) is 1. The number of nitrogens with one attached hydrogen (secondary N) is 1. The van der Waals surface area contributed by atoms with Gasteiger partial charge in [0.1, 0.15) is 11.9 Å². The molecule has 1 heterocycles. The van der Waals surface area contributed by atoms with Crippen LogP contribution in [0.4, 0.5) is 19.0 Å². The topological polar surface area (TPSA) is 114 Å². The maximum atomic E-state index is 13.0. The lowest BCUT2D eigenvalue weighted by Crippen LogP contribution is -2.33. The highest BCUT2D eigenvalue weighted by Crippen LogP contribution is 2.36. The molecule has 8 nitrogen and oxygen atoms in total. The number of aromatic nitrogens is 2. The van der Waals surface area contributed by atoms with Gasteiger partial charge in [-0.05, 0) is 6.07 Å². The molecule has 0 saturated carbocycles. The number of hydrogen-bond acceptors (Lipinski definition) is 7. The third kappa shape index (κ3) is 3.82. The predicted molar refractivity (Wildman–Crippen MR) is 79.8 cm³/mol. The number of aliphatic hydroxyl groups excluding tert-OH is 1. The highest BCUT2D eigenvalue weighted by molar-refractivity contribution is 5.93. The summed E-state index contributed by atoms with van der Waals surface area (Å²) in [6, 6.07) is 0.977. The SMILES string of the molecule is COc1cc2nc(C(F)(F)F)nc(NC(CO)C(=O)O)c2cc1OC. The molecule has 2 aromatic rings. The Morgan fingerprint density at radius 2 is 1.84 bits per heavy atom. The Morgan fingerprint density at radius 3 is 2.32 bits per heavy atom. The van der Waals surface area contributed by atoms with Crippen molar-refractivity contribution in [2.45, 2.75) is 12.2 Å². The van der Waals surface area contributed by atoms with Crippen molar-refractivity contribution in [2.75, 3.05) is 26.1 Å². The number of methoxy groups -OCH3 is 2. The number of anilines is 1.